The van der Waals surface area contributed by atoms with Crippen LogP contribution >= 0.6 is 0 Å². The second kappa shape index (κ2) is 7.09. The molecule has 0 bridgehead atoms. The lowest BCUT2D eigenvalue weighted by molar-refractivity contribution is 0.0285. The van der Waals surface area contributed by atoms with E-state index < -0.39 is 5.60 Å². The van der Waals surface area contributed by atoms with Crippen LogP contribution in [0.25, 0.3) is 0 Å². The van der Waals surface area contributed by atoms with Crippen molar-refractivity contribution in [1.29, 1.82) is 0 Å². The van der Waals surface area contributed by atoms with Crippen LogP contribution in [0.3, 0.4) is 0 Å². The van der Waals surface area contributed by atoms with E-state index in [1.807, 2.05) is 50.2 Å². The molecule has 0 radical (unpaired) electrons. The molecule has 2 rings (SSSR count). The molecule has 0 aromatic carbocycles. The Bertz CT molecular complexity index is 484. The van der Waals surface area contributed by atoms with Crippen LogP contribution in [0.4, 0.5) is 4.79 Å². The zero-order valence-electron chi connectivity index (χ0n) is 14.1. The highest BCUT2D eigenvalue weighted by atomic mass is 16.6. The van der Waals surface area contributed by atoms with Crippen LogP contribution in [0.5, 0.6) is 0 Å². The van der Waals surface area contributed by atoms with E-state index in [2.05, 4.69) is 16.9 Å². The first-order valence-electron chi connectivity index (χ1n) is 7.89. The number of aromatic nitrogens is 1. The summed E-state index contributed by atoms with van der Waals surface area (Å²) >= 11 is 0. The number of carbonyl (C=O) groups is 1. The van der Waals surface area contributed by atoms with Gasteiger partial charge in [-0.15, -0.1) is 0 Å². The summed E-state index contributed by atoms with van der Waals surface area (Å²) in [5.74, 6) is 0.513. The third-order valence-corrected chi connectivity index (χ3v) is 3.71. The number of rotatable bonds is 4. The van der Waals surface area contributed by atoms with Crippen molar-refractivity contribution in [3.8, 4) is 0 Å². The highest BCUT2D eigenvalue weighted by molar-refractivity contribution is 5.68. The molecule has 0 N–H and O–H groups in total. The van der Waals surface area contributed by atoms with Crippen molar-refractivity contribution < 1.29 is 9.53 Å². The quantitative estimate of drug-likeness (QED) is 0.858. The largest absolute Gasteiger partial charge is 0.444 e. The number of likely N-dealkylation sites (tertiary alicyclic amines) is 1. The number of carbonyl (C=O) groups excluding carboxylic acids is 1. The molecule has 1 amide bonds. The lowest BCUT2D eigenvalue weighted by atomic mass is 10.1. The number of hydrogen-bond acceptors (Lipinski definition) is 4. The van der Waals surface area contributed by atoms with Gasteiger partial charge in [0, 0.05) is 38.6 Å². The van der Waals surface area contributed by atoms with Gasteiger partial charge in [-0.3, -0.25) is 4.98 Å². The maximum atomic E-state index is 12.1. The summed E-state index contributed by atoms with van der Waals surface area (Å²) in [6, 6.07) is 4.08. The molecular formula is C17H27N3O2. The Morgan fingerprint density at radius 2 is 2.09 bits per heavy atom. The molecule has 0 aliphatic carbocycles. The molecule has 1 fully saturated rings. The summed E-state index contributed by atoms with van der Waals surface area (Å²) in [4.78, 5) is 20.2. The van der Waals surface area contributed by atoms with Crippen LogP contribution in [0.2, 0.25) is 0 Å². The maximum Gasteiger partial charge on any atom is 0.410 e. The fourth-order valence-electron chi connectivity index (χ4n) is 2.78. The Morgan fingerprint density at radius 3 is 2.73 bits per heavy atom. The summed E-state index contributed by atoms with van der Waals surface area (Å²) in [5, 5.41) is 0. The zero-order valence-corrected chi connectivity index (χ0v) is 14.1. The number of amides is 1. The number of hydrogen-bond donors (Lipinski definition) is 0. The average Bonchev–Trinajstić information content (AvgIpc) is 2.86. The van der Waals surface area contributed by atoms with Crippen molar-refractivity contribution in [3.05, 3.63) is 30.1 Å². The van der Waals surface area contributed by atoms with Gasteiger partial charge in [0.05, 0.1) is 0 Å². The Morgan fingerprint density at radius 1 is 1.41 bits per heavy atom. The third-order valence-electron chi connectivity index (χ3n) is 3.71. The molecule has 122 valence electrons. The van der Waals surface area contributed by atoms with E-state index in [0.29, 0.717) is 5.92 Å². The van der Waals surface area contributed by atoms with Crippen molar-refractivity contribution in [2.45, 2.75) is 39.3 Å². The summed E-state index contributed by atoms with van der Waals surface area (Å²) < 4.78 is 5.44. The minimum absolute atomic E-state index is 0.188. The number of ether oxygens (including phenoxy) is 1. The van der Waals surface area contributed by atoms with Crippen LogP contribution in [0.1, 0.15) is 32.8 Å². The van der Waals surface area contributed by atoms with E-state index in [-0.39, 0.29) is 6.09 Å². The molecule has 0 unspecified atom stereocenters. The molecule has 2 heterocycles. The fourth-order valence-corrected chi connectivity index (χ4v) is 2.78. The molecule has 0 saturated carbocycles. The molecule has 5 nitrogen and oxygen atoms in total. The van der Waals surface area contributed by atoms with E-state index in [1.165, 1.54) is 5.56 Å². The smallest absolute Gasteiger partial charge is 0.410 e. The standard InChI is InChI=1S/C17H27N3O2/c1-17(2,3)22-16(21)20-10-7-15(13-20)12-19(4)11-14-5-8-18-9-6-14/h5-6,8-9,15H,7,10-13H2,1-4H3/t15-/m0/s1. The van der Waals surface area contributed by atoms with Gasteiger partial charge in [0.25, 0.3) is 0 Å². The highest BCUT2D eigenvalue weighted by Crippen LogP contribution is 2.20. The maximum absolute atomic E-state index is 12.1. The minimum atomic E-state index is -0.423. The summed E-state index contributed by atoms with van der Waals surface area (Å²) in [6.07, 6.45) is 4.50. The summed E-state index contributed by atoms with van der Waals surface area (Å²) in [7, 11) is 2.12. The van der Waals surface area contributed by atoms with Crippen molar-refractivity contribution >= 4 is 6.09 Å². The van der Waals surface area contributed by atoms with Gasteiger partial charge in [0.2, 0.25) is 0 Å². The second-order valence-corrected chi connectivity index (χ2v) is 7.13. The van der Waals surface area contributed by atoms with E-state index >= 15 is 0 Å². The highest BCUT2D eigenvalue weighted by Gasteiger charge is 2.30. The predicted octanol–water partition coefficient (Wildman–Crippen LogP) is 2.77. The van der Waals surface area contributed by atoms with Gasteiger partial charge in [0.1, 0.15) is 5.60 Å². The van der Waals surface area contributed by atoms with Gasteiger partial charge in [-0.25, -0.2) is 4.79 Å². The van der Waals surface area contributed by atoms with E-state index in [0.717, 1.165) is 32.6 Å². The number of nitrogens with zero attached hydrogens (tertiary/aromatic N) is 3. The Hall–Kier alpha value is -1.62. The van der Waals surface area contributed by atoms with Gasteiger partial charge < -0.3 is 14.5 Å². The lowest BCUT2D eigenvalue weighted by Crippen LogP contribution is -2.36. The van der Waals surface area contributed by atoms with Crippen molar-refractivity contribution in [1.82, 2.24) is 14.8 Å². The van der Waals surface area contributed by atoms with Crippen LogP contribution in [-0.2, 0) is 11.3 Å². The Kier molecular flexibility index (Phi) is 5.40. The third kappa shape index (κ3) is 5.30. The van der Waals surface area contributed by atoms with Gasteiger partial charge in [-0.05, 0) is 57.9 Å². The Labute approximate surface area is 133 Å². The molecule has 1 atom stereocenters. The summed E-state index contributed by atoms with van der Waals surface area (Å²) in [6.45, 7) is 9.19. The molecule has 1 aromatic rings. The molecule has 1 aliphatic rings. The van der Waals surface area contributed by atoms with Crippen LogP contribution in [0, 0.1) is 5.92 Å². The van der Waals surface area contributed by atoms with E-state index in [9.17, 15) is 4.79 Å². The first-order valence-corrected chi connectivity index (χ1v) is 7.89. The van der Waals surface area contributed by atoms with Gasteiger partial charge in [-0.2, -0.15) is 0 Å². The molecule has 1 aromatic heterocycles. The predicted molar refractivity (Wildman–Crippen MR) is 86.5 cm³/mol. The molecule has 22 heavy (non-hydrogen) atoms. The second-order valence-electron chi connectivity index (χ2n) is 7.13. The van der Waals surface area contributed by atoms with Crippen molar-refractivity contribution in [3.63, 3.8) is 0 Å². The first kappa shape index (κ1) is 16.7. The lowest BCUT2D eigenvalue weighted by Gasteiger charge is -2.25. The number of pyridine rings is 1. The molecule has 5 heteroatoms. The minimum Gasteiger partial charge on any atom is -0.444 e. The molecule has 0 spiro atoms. The van der Waals surface area contributed by atoms with E-state index in [4.69, 9.17) is 4.74 Å². The summed E-state index contributed by atoms with van der Waals surface area (Å²) in [5.41, 5.74) is 0.840. The van der Waals surface area contributed by atoms with Crippen LogP contribution in [-0.4, -0.2) is 53.2 Å². The first-order chi connectivity index (χ1) is 10.3. The average molecular weight is 305 g/mol. The van der Waals surface area contributed by atoms with Gasteiger partial charge in [0.15, 0.2) is 0 Å². The van der Waals surface area contributed by atoms with Crippen molar-refractivity contribution in [2.75, 3.05) is 26.7 Å². The van der Waals surface area contributed by atoms with Gasteiger partial charge >= 0.3 is 6.09 Å². The SMILES string of the molecule is CN(Cc1ccncc1)C[C@@H]1CCN(C(=O)OC(C)(C)C)C1. The van der Waals surface area contributed by atoms with Crippen LogP contribution in [0.15, 0.2) is 24.5 Å². The van der Waals surface area contributed by atoms with Gasteiger partial charge in [-0.1, -0.05) is 0 Å². The monoisotopic (exact) mass is 305 g/mol. The topological polar surface area (TPSA) is 45.7 Å². The molecule has 1 saturated heterocycles. The molecular weight excluding hydrogens is 278 g/mol. The molecule has 1 aliphatic heterocycles. The normalized spacial score (nSPS) is 18.8. The van der Waals surface area contributed by atoms with E-state index in [1.54, 1.807) is 0 Å². The fraction of sp³-hybridized carbons (Fsp3) is 0.647. The van der Waals surface area contributed by atoms with Crippen LogP contribution < -0.4 is 0 Å². The Balaban J connectivity index is 1.77. The zero-order chi connectivity index (χ0) is 16.2. The van der Waals surface area contributed by atoms with Crippen molar-refractivity contribution in [2.24, 2.45) is 5.92 Å².